The van der Waals surface area contributed by atoms with Crippen molar-refractivity contribution in [2.24, 2.45) is 5.41 Å². The van der Waals surface area contributed by atoms with E-state index in [1.165, 1.54) is 0 Å². The largest absolute Gasteiger partial charge is 0.348 e. The monoisotopic (exact) mass is 387 g/mol. The van der Waals surface area contributed by atoms with Gasteiger partial charge in [0.15, 0.2) is 0 Å². The Kier molecular flexibility index (Phi) is 4.98. The summed E-state index contributed by atoms with van der Waals surface area (Å²) in [6.07, 6.45) is 7.03. The molecule has 2 N–H and O–H groups in total. The fraction of sp³-hybridized carbons (Fsp3) is 0.762. The van der Waals surface area contributed by atoms with Crippen molar-refractivity contribution < 1.29 is 9.59 Å². The average molecular weight is 388 g/mol. The number of rotatable bonds is 3. The first-order valence-corrected chi connectivity index (χ1v) is 10.7. The third-order valence-electron chi connectivity index (χ3n) is 7.11. The summed E-state index contributed by atoms with van der Waals surface area (Å²) in [6, 6.07) is -0.208. The van der Waals surface area contributed by atoms with E-state index in [-0.39, 0.29) is 28.8 Å². The van der Waals surface area contributed by atoms with E-state index in [0.717, 1.165) is 56.6 Å². The summed E-state index contributed by atoms with van der Waals surface area (Å²) < 4.78 is 0. The number of likely N-dealkylation sites (tertiary alicyclic amines) is 2. The fourth-order valence-electron chi connectivity index (χ4n) is 4.90. The zero-order chi connectivity index (χ0) is 19.9. The SMILES string of the molecule is CCC(C)(C)C(=O)N1CCC2(CC1)N[C@H](C(=O)N1CCCC1)Cc1[nH]cnc12. The summed E-state index contributed by atoms with van der Waals surface area (Å²) in [4.78, 5) is 37.8. The highest BCUT2D eigenvalue weighted by atomic mass is 16.2. The van der Waals surface area contributed by atoms with Crippen LogP contribution >= 0.6 is 0 Å². The minimum absolute atomic E-state index is 0.208. The standard InChI is InChI=1S/C21H33N5O2/c1-4-20(2,3)19(28)26-11-7-21(8-12-26)17-15(22-14-23-17)13-16(24-21)18(27)25-9-5-6-10-25/h14,16,24H,4-13H2,1-3H3,(H,22,23)/t16-/m0/s1. The lowest BCUT2D eigenvalue weighted by atomic mass is 9.78. The summed E-state index contributed by atoms with van der Waals surface area (Å²) in [7, 11) is 0. The van der Waals surface area contributed by atoms with Crippen LogP contribution in [0.4, 0.5) is 0 Å². The third-order valence-corrected chi connectivity index (χ3v) is 7.11. The Hall–Kier alpha value is -1.89. The highest BCUT2D eigenvalue weighted by molar-refractivity contribution is 5.83. The number of aromatic amines is 1. The molecule has 2 amide bonds. The van der Waals surface area contributed by atoms with E-state index in [0.29, 0.717) is 19.5 Å². The molecule has 3 aliphatic heterocycles. The van der Waals surface area contributed by atoms with Crippen LogP contribution in [0.15, 0.2) is 6.33 Å². The number of imidazole rings is 1. The van der Waals surface area contributed by atoms with Gasteiger partial charge in [-0.05, 0) is 32.1 Å². The van der Waals surface area contributed by atoms with Gasteiger partial charge >= 0.3 is 0 Å². The highest BCUT2D eigenvalue weighted by Gasteiger charge is 2.47. The maximum atomic E-state index is 13.1. The first kappa shape index (κ1) is 19.4. The topological polar surface area (TPSA) is 81.3 Å². The normalized spacial score (nSPS) is 24.5. The molecule has 0 saturated carbocycles. The summed E-state index contributed by atoms with van der Waals surface area (Å²) in [5, 5.41) is 3.69. The molecule has 1 aromatic heterocycles. The summed E-state index contributed by atoms with van der Waals surface area (Å²) in [5.74, 6) is 0.440. The van der Waals surface area contributed by atoms with Crippen LogP contribution in [0.5, 0.6) is 0 Å². The van der Waals surface area contributed by atoms with Gasteiger partial charge in [0.05, 0.1) is 23.6 Å². The molecule has 7 heteroatoms. The van der Waals surface area contributed by atoms with Crippen molar-refractivity contribution in [2.75, 3.05) is 26.2 Å². The smallest absolute Gasteiger partial charge is 0.240 e. The number of carbonyl (C=O) groups excluding carboxylic acids is 2. The van der Waals surface area contributed by atoms with Gasteiger partial charge in [-0.2, -0.15) is 0 Å². The fourth-order valence-corrected chi connectivity index (χ4v) is 4.90. The average Bonchev–Trinajstić information content (AvgIpc) is 3.39. The maximum absolute atomic E-state index is 13.1. The van der Waals surface area contributed by atoms with E-state index >= 15 is 0 Å². The van der Waals surface area contributed by atoms with Crippen LogP contribution in [0.3, 0.4) is 0 Å². The zero-order valence-corrected chi connectivity index (χ0v) is 17.4. The quantitative estimate of drug-likeness (QED) is 0.829. The number of hydrogen-bond donors (Lipinski definition) is 2. The third kappa shape index (κ3) is 3.23. The van der Waals surface area contributed by atoms with Crippen molar-refractivity contribution in [2.45, 2.75) is 70.9 Å². The molecule has 1 spiro atoms. The lowest BCUT2D eigenvalue weighted by Gasteiger charge is -2.47. The van der Waals surface area contributed by atoms with Crippen LogP contribution < -0.4 is 5.32 Å². The van der Waals surface area contributed by atoms with Crippen molar-refractivity contribution in [3.05, 3.63) is 17.7 Å². The second-order valence-electron chi connectivity index (χ2n) is 9.27. The highest BCUT2D eigenvalue weighted by Crippen LogP contribution is 2.39. The first-order chi connectivity index (χ1) is 13.4. The predicted molar refractivity (Wildman–Crippen MR) is 107 cm³/mol. The molecule has 0 aliphatic carbocycles. The first-order valence-electron chi connectivity index (χ1n) is 10.7. The number of nitrogens with zero attached hydrogens (tertiary/aromatic N) is 3. The minimum atomic E-state index is -0.323. The summed E-state index contributed by atoms with van der Waals surface area (Å²) >= 11 is 0. The number of fused-ring (bicyclic) bond motifs is 2. The van der Waals surface area contributed by atoms with Gasteiger partial charge in [-0.1, -0.05) is 20.8 Å². The van der Waals surface area contributed by atoms with E-state index in [2.05, 4.69) is 22.2 Å². The van der Waals surface area contributed by atoms with Crippen LogP contribution in [0.25, 0.3) is 0 Å². The lowest BCUT2D eigenvalue weighted by molar-refractivity contribution is -0.143. The number of piperidine rings is 1. The van der Waals surface area contributed by atoms with Crippen LogP contribution in [0.1, 0.15) is 64.3 Å². The number of carbonyl (C=O) groups is 2. The molecule has 1 atom stereocenters. The molecule has 28 heavy (non-hydrogen) atoms. The van der Waals surface area contributed by atoms with Crippen LogP contribution in [0, 0.1) is 5.41 Å². The van der Waals surface area contributed by atoms with Gasteiger partial charge < -0.3 is 14.8 Å². The van der Waals surface area contributed by atoms with Crippen molar-refractivity contribution in [1.82, 2.24) is 25.1 Å². The second-order valence-corrected chi connectivity index (χ2v) is 9.27. The Morgan fingerprint density at radius 1 is 1.18 bits per heavy atom. The van der Waals surface area contributed by atoms with Gasteiger partial charge in [-0.3, -0.25) is 14.9 Å². The summed E-state index contributed by atoms with van der Waals surface area (Å²) in [5.41, 5.74) is 1.47. The molecular weight excluding hydrogens is 354 g/mol. The molecule has 0 unspecified atom stereocenters. The molecule has 0 aromatic carbocycles. The van der Waals surface area contributed by atoms with Crippen LogP contribution in [-0.2, 0) is 21.5 Å². The number of H-pyrrole nitrogens is 1. The Morgan fingerprint density at radius 2 is 1.86 bits per heavy atom. The molecule has 7 nitrogen and oxygen atoms in total. The Labute approximate surface area is 167 Å². The number of hydrogen-bond acceptors (Lipinski definition) is 4. The molecule has 3 aliphatic rings. The Bertz CT molecular complexity index is 742. The van der Waals surface area contributed by atoms with Gasteiger partial charge in [-0.25, -0.2) is 4.98 Å². The molecule has 4 heterocycles. The van der Waals surface area contributed by atoms with Crippen molar-refractivity contribution in [3.8, 4) is 0 Å². The van der Waals surface area contributed by atoms with Gasteiger partial charge in [0.25, 0.3) is 0 Å². The second kappa shape index (κ2) is 7.17. The van der Waals surface area contributed by atoms with E-state index in [1.54, 1.807) is 6.33 Å². The van der Waals surface area contributed by atoms with Gasteiger partial charge in [0.1, 0.15) is 0 Å². The number of amides is 2. The number of aromatic nitrogens is 2. The minimum Gasteiger partial charge on any atom is -0.348 e. The summed E-state index contributed by atoms with van der Waals surface area (Å²) in [6.45, 7) is 9.25. The Morgan fingerprint density at radius 3 is 2.50 bits per heavy atom. The van der Waals surface area contributed by atoms with Crippen molar-refractivity contribution >= 4 is 11.8 Å². The van der Waals surface area contributed by atoms with Crippen LogP contribution in [0.2, 0.25) is 0 Å². The molecule has 2 saturated heterocycles. The van der Waals surface area contributed by atoms with Crippen LogP contribution in [-0.4, -0.2) is 63.8 Å². The molecule has 154 valence electrons. The van der Waals surface area contributed by atoms with E-state index in [1.807, 2.05) is 23.6 Å². The van der Waals surface area contributed by atoms with E-state index in [4.69, 9.17) is 0 Å². The molecular formula is C21H33N5O2. The van der Waals surface area contributed by atoms with E-state index in [9.17, 15) is 9.59 Å². The van der Waals surface area contributed by atoms with Gasteiger partial charge in [0, 0.05) is 43.7 Å². The maximum Gasteiger partial charge on any atom is 0.240 e. The molecule has 4 rings (SSSR count). The van der Waals surface area contributed by atoms with Crippen molar-refractivity contribution in [1.29, 1.82) is 0 Å². The predicted octanol–water partition coefficient (Wildman–Crippen LogP) is 1.80. The van der Waals surface area contributed by atoms with Gasteiger partial charge in [-0.15, -0.1) is 0 Å². The molecule has 2 fully saturated rings. The number of nitrogens with one attached hydrogen (secondary N) is 2. The van der Waals surface area contributed by atoms with Crippen molar-refractivity contribution in [3.63, 3.8) is 0 Å². The zero-order valence-electron chi connectivity index (χ0n) is 17.4. The van der Waals surface area contributed by atoms with Gasteiger partial charge in [0.2, 0.25) is 11.8 Å². The lowest BCUT2D eigenvalue weighted by Crippen LogP contribution is -2.62. The molecule has 1 aromatic rings. The Balaban J connectivity index is 1.52. The van der Waals surface area contributed by atoms with E-state index < -0.39 is 0 Å². The molecule has 0 radical (unpaired) electrons. The molecule has 0 bridgehead atoms.